The van der Waals surface area contributed by atoms with Crippen LogP contribution in [0.2, 0.25) is 0 Å². The highest BCUT2D eigenvalue weighted by molar-refractivity contribution is 5.77. The highest BCUT2D eigenvalue weighted by Gasteiger charge is 2.46. The first kappa shape index (κ1) is 9.00. The predicted octanol–water partition coefficient (Wildman–Crippen LogP) is 1.12. The molecule has 2 saturated heterocycles. The molecule has 0 aromatic heterocycles. The number of fused-ring (bicyclic) bond motifs is 1. The zero-order valence-electron chi connectivity index (χ0n) is 8.12. The summed E-state index contributed by atoms with van der Waals surface area (Å²) in [4.78, 5) is 13.2. The van der Waals surface area contributed by atoms with Crippen LogP contribution >= 0.6 is 0 Å². The van der Waals surface area contributed by atoms with Gasteiger partial charge in [-0.05, 0) is 25.7 Å². The first-order chi connectivity index (χ1) is 6.14. The van der Waals surface area contributed by atoms with Crippen LogP contribution in [0, 0.1) is 5.92 Å². The molecule has 2 rings (SSSR count). The summed E-state index contributed by atoms with van der Waals surface area (Å²) in [5.41, 5.74) is -0.812. The number of rotatable bonds is 0. The number of aliphatic hydroxyl groups is 1. The van der Waals surface area contributed by atoms with Gasteiger partial charge in [-0.25, -0.2) is 0 Å². The molecule has 2 unspecified atom stereocenters. The zero-order chi connectivity index (χ0) is 9.47. The van der Waals surface area contributed by atoms with Gasteiger partial charge in [-0.3, -0.25) is 4.79 Å². The van der Waals surface area contributed by atoms with Crippen LogP contribution in [0.25, 0.3) is 0 Å². The molecule has 3 nitrogen and oxygen atoms in total. The molecule has 0 aromatic carbocycles. The van der Waals surface area contributed by atoms with Crippen molar-refractivity contribution in [1.82, 2.24) is 4.90 Å². The maximum Gasteiger partial charge on any atom is 0.224 e. The lowest BCUT2D eigenvalue weighted by Gasteiger charge is -2.50. The van der Waals surface area contributed by atoms with Crippen LogP contribution in [0.5, 0.6) is 0 Å². The molecule has 2 atom stereocenters. The molecule has 0 aliphatic carbocycles. The summed E-state index contributed by atoms with van der Waals surface area (Å²) in [6, 6.07) is 0. The van der Waals surface area contributed by atoms with Gasteiger partial charge in [0.25, 0.3) is 0 Å². The Morgan fingerprint density at radius 3 is 3.00 bits per heavy atom. The molecule has 0 bridgehead atoms. The Balaban J connectivity index is 2.24. The van der Waals surface area contributed by atoms with E-state index in [1.165, 1.54) is 0 Å². The van der Waals surface area contributed by atoms with E-state index in [-0.39, 0.29) is 11.8 Å². The summed E-state index contributed by atoms with van der Waals surface area (Å²) in [7, 11) is 0. The van der Waals surface area contributed by atoms with Crippen molar-refractivity contribution < 1.29 is 9.90 Å². The molecular formula is C10H17NO2. The lowest BCUT2D eigenvalue weighted by atomic mass is 9.81. The van der Waals surface area contributed by atoms with Gasteiger partial charge in [-0.15, -0.1) is 0 Å². The molecule has 0 spiro atoms. The van der Waals surface area contributed by atoms with Crippen LogP contribution in [0.3, 0.4) is 0 Å². The number of nitrogens with zero attached hydrogens (tertiary/aromatic N) is 1. The first-order valence-electron chi connectivity index (χ1n) is 5.17. The van der Waals surface area contributed by atoms with Crippen LogP contribution < -0.4 is 0 Å². The highest BCUT2D eigenvalue weighted by Crippen LogP contribution is 2.38. The van der Waals surface area contributed by atoms with Crippen molar-refractivity contribution in [3.63, 3.8) is 0 Å². The van der Waals surface area contributed by atoms with Crippen LogP contribution in [-0.4, -0.2) is 28.2 Å². The monoisotopic (exact) mass is 183 g/mol. The van der Waals surface area contributed by atoms with Crippen molar-refractivity contribution in [2.24, 2.45) is 5.92 Å². The lowest BCUT2D eigenvalue weighted by Crippen LogP contribution is -2.60. The number of piperidine rings is 2. The van der Waals surface area contributed by atoms with Gasteiger partial charge in [-0.1, -0.05) is 6.92 Å². The summed E-state index contributed by atoms with van der Waals surface area (Å²) in [6.07, 6.45) is 4.31. The summed E-state index contributed by atoms with van der Waals surface area (Å²) < 4.78 is 0. The van der Waals surface area contributed by atoms with Gasteiger partial charge in [0.05, 0.1) is 0 Å². The number of amides is 1. The van der Waals surface area contributed by atoms with E-state index in [0.717, 1.165) is 32.2 Å². The number of hydrogen-bond acceptors (Lipinski definition) is 2. The van der Waals surface area contributed by atoms with Gasteiger partial charge >= 0.3 is 0 Å². The molecule has 3 heteroatoms. The van der Waals surface area contributed by atoms with Gasteiger partial charge in [0.15, 0.2) is 0 Å². The molecule has 0 aromatic rings. The Bertz CT molecular complexity index is 229. The second kappa shape index (κ2) is 2.98. The Labute approximate surface area is 78.7 Å². The third kappa shape index (κ3) is 1.26. The third-order valence-electron chi connectivity index (χ3n) is 3.51. The fourth-order valence-electron chi connectivity index (χ4n) is 2.60. The molecule has 0 saturated carbocycles. The Morgan fingerprint density at radius 1 is 1.54 bits per heavy atom. The molecule has 74 valence electrons. The fraction of sp³-hybridized carbons (Fsp3) is 0.900. The maximum atomic E-state index is 11.5. The average molecular weight is 183 g/mol. The number of carbonyl (C=O) groups is 1. The second-order valence-electron chi connectivity index (χ2n) is 4.32. The van der Waals surface area contributed by atoms with Crippen LogP contribution in [0.4, 0.5) is 0 Å². The average Bonchev–Trinajstić information content (AvgIpc) is 2.08. The molecule has 0 radical (unpaired) electrons. The van der Waals surface area contributed by atoms with Gasteiger partial charge in [0.2, 0.25) is 5.91 Å². The molecule has 2 heterocycles. The number of hydrogen-bond donors (Lipinski definition) is 1. The van der Waals surface area contributed by atoms with E-state index in [4.69, 9.17) is 0 Å². The molecule has 2 aliphatic rings. The number of carbonyl (C=O) groups excluding carboxylic acids is 1. The first-order valence-corrected chi connectivity index (χ1v) is 5.17. The van der Waals surface area contributed by atoms with Crippen molar-refractivity contribution in [3.8, 4) is 0 Å². The van der Waals surface area contributed by atoms with Crippen molar-refractivity contribution in [3.05, 3.63) is 0 Å². The molecule has 2 aliphatic heterocycles. The zero-order valence-corrected chi connectivity index (χ0v) is 8.12. The second-order valence-corrected chi connectivity index (χ2v) is 4.32. The van der Waals surface area contributed by atoms with E-state index in [2.05, 4.69) is 0 Å². The molecule has 13 heavy (non-hydrogen) atoms. The predicted molar refractivity (Wildman–Crippen MR) is 48.9 cm³/mol. The van der Waals surface area contributed by atoms with Crippen LogP contribution in [-0.2, 0) is 4.79 Å². The normalized spacial score (nSPS) is 40.3. The van der Waals surface area contributed by atoms with Crippen molar-refractivity contribution in [1.29, 1.82) is 0 Å². The topological polar surface area (TPSA) is 40.5 Å². The van der Waals surface area contributed by atoms with Gasteiger partial charge in [-0.2, -0.15) is 0 Å². The van der Waals surface area contributed by atoms with E-state index in [1.54, 1.807) is 4.90 Å². The minimum Gasteiger partial charge on any atom is -0.370 e. The van der Waals surface area contributed by atoms with Crippen LogP contribution in [0.1, 0.15) is 39.0 Å². The van der Waals surface area contributed by atoms with E-state index >= 15 is 0 Å². The summed E-state index contributed by atoms with van der Waals surface area (Å²) >= 11 is 0. The van der Waals surface area contributed by atoms with E-state index in [1.807, 2.05) is 6.92 Å². The Hall–Kier alpha value is -0.570. The maximum absolute atomic E-state index is 11.5. The standard InChI is InChI=1S/C10H17NO2/c1-8-4-3-7-11-9(12)5-2-6-10(8,11)13/h8,13H,2-7H2,1H3. The highest BCUT2D eigenvalue weighted by atomic mass is 16.3. The fourth-order valence-corrected chi connectivity index (χ4v) is 2.60. The van der Waals surface area contributed by atoms with Crippen LogP contribution in [0.15, 0.2) is 0 Å². The van der Waals surface area contributed by atoms with Crippen molar-refractivity contribution in [2.75, 3.05) is 6.54 Å². The quantitative estimate of drug-likeness (QED) is 0.611. The molecular weight excluding hydrogens is 166 g/mol. The summed E-state index contributed by atoms with van der Waals surface area (Å²) in [5, 5.41) is 10.3. The molecule has 2 fully saturated rings. The van der Waals surface area contributed by atoms with E-state index in [0.29, 0.717) is 6.42 Å². The summed E-state index contributed by atoms with van der Waals surface area (Å²) in [6.45, 7) is 2.80. The lowest BCUT2D eigenvalue weighted by molar-refractivity contribution is -0.196. The molecule has 1 amide bonds. The van der Waals surface area contributed by atoms with Gasteiger partial charge in [0.1, 0.15) is 5.72 Å². The van der Waals surface area contributed by atoms with E-state index in [9.17, 15) is 9.90 Å². The smallest absolute Gasteiger partial charge is 0.224 e. The van der Waals surface area contributed by atoms with Gasteiger partial charge < -0.3 is 10.0 Å². The minimum absolute atomic E-state index is 0.139. The molecule has 1 N–H and O–H groups in total. The van der Waals surface area contributed by atoms with Crippen molar-refractivity contribution >= 4 is 5.91 Å². The van der Waals surface area contributed by atoms with Gasteiger partial charge in [0, 0.05) is 18.9 Å². The SMILES string of the molecule is CC1CCCN2C(=O)CCCC12O. The summed E-state index contributed by atoms with van der Waals surface area (Å²) in [5.74, 6) is 0.380. The largest absolute Gasteiger partial charge is 0.370 e. The van der Waals surface area contributed by atoms with Crippen molar-refractivity contribution in [2.45, 2.75) is 44.8 Å². The Kier molecular flexibility index (Phi) is 2.06. The Morgan fingerprint density at radius 2 is 2.31 bits per heavy atom. The minimum atomic E-state index is -0.812. The van der Waals surface area contributed by atoms with E-state index < -0.39 is 5.72 Å². The third-order valence-corrected chi connectivity index (χ3v) is 3.51.